The summed E-state index contributed by atoms with van der Waals surface area (Å²) in [5.41, 5.74) is 3.89. The van der Waals surface area contributed by atoms with Gasteiger partial charge < -0.3 is 30.3 Å². The van der Waals surface area contributed by atoms with Gasteiger partial charge in [-0.15, -0.1) is 0 Å². The van der Waals surface area contributed by atoms with Crippen molar-refractivity contribution in [2.75, 3.05) is 31.6 Å². The Kier molecular flexibility index (Phi) is 8.82. The van der Waals surface area contributed by atoms with Crippen LogP contribution in [0, 0.1) is 24.2 Å². The van der Waals surface area contributed by atoms with Gasteiger partial charge in [-0.2, -0.15) is 5.26 Å². The molecule has 4 aliphatic rings. The summed E-state index contributed by atoms with van der Waals surface area (Å²) in [6, 6.07) is 22.6. The summed E-state index contributed by atoms with van der Waals surface area (Å²) >= 11 is 1.54. The number of anilines is 1. The fraction of sp³-hybridized carbons (Fsp3) is 0.361. The maximum Gasteiger partial charge on any atom is 0.326 e. The highest BCUT2D eigenvalue weighted by Gasteiger charge is 2.52. The second-order valence-electron chi connectivity index (χ2n) is 12.6. The lowest BCUT2D eigenvalue weighted by Gasteiger charge is -2.46. The largest absolute Gasteiger partial charge is 0.488 e. The molecule has 3 aromatic carbocycles. The highest BCUT2D eigenvalue weighted by molar-refractivity contribution is 8.04. The second-order valence-corrected chi connectivity index (χ2v) is 13.7. The molecule has 0 saturated carbocycles. The normalized spacial score (nSPS) is 23.9. The molecule has 4 aliphatic heterocycles. The Labute approximate surface area is 279 Å². The molecule has 4 heterocycles. The first-order valence-corrected chi connectivity index (χ1v) is 17.0. The number of para-hydroxylation sites is 1. The molecule has 7 rings (SSSR count). The first-order valence-electron chi connectivity index (χ1n) is 16.1. The quantitative estimate of drug-likeness (QED) is 0.303. The zero-order valence-corrected chi connectivity index (χ0v) is 27.3. The monoisotopic (exact) mass is 650 g/mol. The van der Waals surface area contributed by atoms with Gasteiger partial charge >= 0.3 is 6.03 Å². The molecule has 3 N–H and O–H groups in total. The summed E-state index contributed by atoms with van der Waals surface area (Å²) < 4.78 is 12.1. The van der Waals surface area contributed by atoms with Crippen LogP contribution in [0.5, 0.6) is 17.2 Å². The number of hydrogen-bond donors (Lipinski definition) is 3. The van der Waals surface area contributed by atoms with Gasteiger partial charge in [-0.1, -0.05) is 36.0 Å². The molecule has 0 aliphatic carbocycles. The van der Waals surface area contributed by atoms with Gasteiger partial charge in [0.2, 0.25) is 0 Å². The van der Waals surface area contributed by atoms with Crippen LogP contribution in [0.3, 0.4) is 0 Å². The van der Waals surface area contributed by atoms with Crippen molar-refractivity contribution >= 4 is 29.4 Å². The summed E-state index contributed by atoms with van der Waals surface area (Å²) in [5.74, 6) is 1.76. The van der Waals surface area contributed by atoms with Gasteiger partial charge in [0.15, 0.2) is 0 Å². The van der Waals surface area contributed by atoms with Crippen molar-refractivity contribution in [2.45, 2.75) is 50.3 Å². The standard InChI is InChI=1S/C36H38N6O4S/c1-22-17-27(46-26-10-5-7-23(18-26)21-45-30-11-4-3-8-24(30)19-37)12-13-28(22)42-29-14-15-38-35-31(29)32(40-36(42)44)33(47-35)34(43)39-25-9-6-16-41(2)20-25/h3-5,7-8,10-13,17-18,25,29,31,35,38H,6,9,14-16,20-21H2,1-2H3,(H,39,43)(H,40,44)/t25-,29?,31?,35?/m1/s1. The van der Waals surface area contributed by atoms with E-state index < -0.39 is 0 Å². The van der Waals surface area contributed by atoms with E-state index in [-0.39, 0.29) is 35.3 Å². The lowest BCUT2D eigenvalue weighted by atomic mass is 9.86. The highest BCUT2D eigenvalue weighted by Crippen LogP contribution is 2.48. The molecule has 3 unspecified atom stereocenters. The van der Waals surface area contributed by atoms with Crippen LogP contribution in [-0.2, 0) is 11.4 Å². The Morgan fingerprint density at radius 1 is 1.11 bits per heavy atom. The number of amides is 3. The second kappa shape index (κ2) is 13.3. The number of carbonyl (C=O) groups excluding carboxylic acids is 2. The van der Waals surface area contributed by atoms with E-state index >= 15 is 0 Å². The zero-order valence-electron chi connectivity index (χ0n) is 26.5. The van der Waals surface area contributed by atoms with Gasteiger partial charge in [-0.05, 0) is 99.9 Å². The van der Waals surface area contributed by atoms with E-state index in [4.69, 9.17) is 9.47 Å². The molecule has 3 saturated heterocycles. The van der Waals surface area contributed by atoms with Crippen LogP contribution >= 0.6 is 11.8 Å². The molecular weight excluding hydrogens is 613 g/mol. The minimum atomic E-state index is -0.213. The molecule has 0 bridgehead atoms. The number of hydrogen-bond acceptors (Lipinski definition) is 8. The van der Waals surface area contributed by atoms with Crippen molar-refractivity contribution in [2.24, 2.45) is 5.92 Å². The van der Waals surface area contributed by atoms with Crippen LogP contribution in [0.1, 0.15) is 36.0 Å². The van der Waals surface area contributed by atoms with Gasteiger partial charge in [0.1, 0.15) is 29.9 Å². The van der Waals surface area contributed by atoms with Crippen LogP contribution in [0.15, 0.2) is 77.3 Å². The molecule has 4 atom stereocenters. The van der Waals surface area contributed by atoms with Crippen LogP contribution in [0.4, 0.5) is 10.5 Å². The van der Waals surface area contributed by atoms with Gasteiger partial charge in [-0.25, -0.2) is 4.79 Å². The number of ether oxygens (including phenoxy) is 2. The first kappa shape index (κ1) is 31.1. The van der Waals surface area contributed by atoms with Crippen molar-refractivity contribution in [1.29, 1.82) is 5.26 Å². The number of thioether (sulfide) groups is 1. The van der Waals surface area contributed by atoms with Crippen LogP contribution in [0.2, 0.25) is 0 Å². The van der Waals surface area contributed by atoms with Crippen molar-refractivity contribution in [3.8, 4) is 23.3 Å². The third-order valence-electron chi connectivity index (χ3n) is 9.27. The van der Waals surface area contributed by atoms with Crippen LogP contribution in [0.25, 0.3) is 0 Å². The average molecular weight is 651 g/mol. The summed E-state index contributed by atoms with van der Waals surface area (Å²) in [7, 11) is 2.08. The maximum absolute atomic E-state index is 13.8. The van der Waals surface area contributed by atoms with Crippen LogP contribution < -0.4 is 30.3 Å². The third kappa shape index (κ3) is 6.41. The number of carbonyl (C=O) groups is 2. The predicted molar refractivity (Wildman–Crippen MR) is 181 cm³/mol. The lowest BCUT2D eigenvalue weighted by Crippen LogP contribution is -2.62. The van der Waals surface area contributed by atoms with E-state index in [9.17, 15) is 14.9 Å². The molecule has 3 amide bonds. The Morgan fingerprint density at radius 2 is 1.96 bits per heavy atom. The van der Waals surface area contributed by atoms with E-state index in [2.05, 4.69) is 34.0 Å². The SMILES string of the molecule is Cc1cc(Oc2cccc(COc3ccccc3C#N)c2)ccc1N1C(=O)NC2=C(C(=O)N[C@@H]3CCCN(C)C3)SC3NCCC1C23. The van der Waals surface area contributed by atoms with Crippen LogP contribution in [-0.4, -0.2) is 61.0 Å². The molecule has 0 spiro atoms. The van der Waals surface area contributed by atoms with Crippen molar-refractivity contribution in [3.63, 3.8) is 0 Å². The third-order valence-corrected chi connectivity index (χ3v) is 10.6. The minimum absolute atomic E-state index is 0.0124. The van der Waals surface area contributed by atoms with Gasteiger partial charge in [0.25, 0.3) is 5.91 Å². The number of nitrogens with one attached hydrogen (secondary N) is 3. The lowest BCUT2D eigenvalue weighted by molar-refractivity contribution is -0.117. The molecule has 0 aromatic heterocycles. The zero-order chi connectivity index (χ0) is 32.5. The molecular formula is C36H38N6O4S. The predicted octanol–water partition coefficient (Wildman–Crippen LogP) is 5.24. The molecule has 3 fully saturated rings. The molecule has 11 heteroatoms. The molecule has 47 heavy (non-hydrogen) atoms. The summed E-state index contributed by atoms with van der Waals surface area (Å²) in [6.07, 6.45) is 2.81. The first-order chi connectivity index (χ1) is 22.9. The number of benzene rings is 3. The van der Waals surface area contributed by atoms with Gasteiger partial charge in [0.05, 0.1) is 21.9 Å². The number of urea groups is 1. The molecule has 242 valence electrons. The van der Waals surface area contributed by atoms with E-state index in [0.717, 1.165) is 61.4 Å². The van der Waals surface area contributed by atoms with Crippen molar-refractivity contribution in [1.82, 2.24) is 20.9 Å². The van der Waals surface area contributed by atoms with E-state index in [1.807, 2.05) is 66.4 Å². The number of nitriles is 1. The number of piperidine rings is 2. The van der Waals surface area contributed by atoms with E-state index in [0.29, 0.717) is 34.3 Å². The highest BCUT2D eigenvalue weighted by atomic mass is 32.2. The maximum atomic E-state index is 13.8. The van der Waals surface area contributed by atoms with Crippen molar-refractivity contribution in [3.05, 3.63) is 94.0 Å². The van der Waals surface area contributed by atoms with Gasteiger partial charge in [0, 0.05) is 29.9 Å². The smallest absolute Gasteiger partial charge is 0.326 e. The Bertz CT molecular complexity index is 1770. The van der Waals surface area contributed by atoms with Gasteiger partial charge in [-0.3, -0.25) is 9.69 Å². The Morgan fingerprint density at radius 3 is 2.79 bits per heavy atom. The minimum Gasteiger partial charge on any atom is -0.488 e. The number of aryl methyl sites for hydroxylation is 1. The fourth-order valence-electron chi connectivity index (χ4n) is 7.08. The number of rotatable bonds is 8. The Balaban J connectivity index is 1.06. The summed E-state index contributed by atoms with van der Waals surface area (Å²) in [5, 5.41) is 19.3. The van der Waals surface area contributed by atoms with E-state index in [1.54, 1.807) is 12.1 Å². The summed E-state index contributed by atoms with van der Waals surface area (Å²) in [6.45, 7) is 4.93. The number of likely N-dealkylation sites (N-methyl/N-ethyl adjacent to an activating group) is 1. The van der Waals surface area contributed by atoms with Crippen molar-refractivity contribution < 1.29 is 19.1 Å². The average Bonchev–Trinajstić information content (AvgIpc) is 3.44. The number of nitrogens with zero attached hydrogens (tertiary/aromatic N) is 3. The Hall–Kier alpha value is -4.50. The molecule has 3 aromatic rings. The number of likely N-dealkylation sites (tertiary alicyclic amines) is 1. The fourth-order valence-corrected chi connectivity index (χ4v) is 8.48. The molecule has 0 radical (unpaired) electrons. The topological polar surface area (TPSA) is 119 Å². The summed E-state index contributed by atoms with van der Waals surface area (Å²) in [4.78, 5) is 32.0. The molecule has 10 nitrogen and oxygen atoms in total. The van der Waals surface area contributed by atoms with E-state index in [1.165, 1.54) is 11.8 Å².